The zero-order chi connectivity index (χ0) is 71.5. The molecule has 0 aliphatic rings. The molecule has 0 radical (unpaired) electrons. The fourth-order valence-corrected chi connectivity index (χ4v) is 7.92. The Morgan fingerprint density at radius 3 is 0.970 bits per heavy atom. The summed E-state index contributed by atoms with van der Waals surface area (Å²) >= 11 is 3.38. The van der Waals surface area contributed by atoms with E-state index in [9.17, 15) is 14.4 Å². The highest BCUT2D eigenvalue weighted by Crippen LogP contribution is 2.24. The number of hydrogen-bond donors (Lipinski definition) is 1. The summed E-state index contributed by atoms with van der Waals surface area (Å²) in [5.74, 6) is 3.36. The van der Waals surface area contributed by atoms with Crippen molar-refractivity contribution in [3.05, 3.63) is 221 Å². The second kappa shape index (κ2) is 63.5. The molecule has 0 aliphatic heterocycles. The van der Waals surface area contributed by atoms with E-state index in [-0.39, 0.29) is 31.1 Å². The van der Waals surface area contributed by atoms with Gasteiger partial charge in [0.2, 0.25) is 0 Å². The average molecular weight is 1440 g/mol. The Hall–Kier alpha value is -7.97. The van der Waals surface area contributed by atoms with E-state index >= 15 is 0 Å². The molecule has 7 aromatic rings. The predicted molar refractivity (Wildman–Crippen MR) is 383 cm³/mol. The normalized spacial score (nSPS) is 10.1. The number of aliphatic hydroxyl groups excluding tert-OH is 1. The minimum Gasteiger partial charge on any atom is -0.491 e. The van der Waals surface area contributed by atoms with Crippen molar-refractivity contribution in [3.8, 4) is 28.7 Å². The first-order chi connectivity index (χ1) is 48.4. The van der Waals surface area contributed by atoms with Crippen LogP contribution in [0.3, 0.4) is 0 Å². The third-order valence-corrected chi connectivity index (χ3v) is 12.8. The van der Waals surface area contributed by atoms with Crippen LogP contribution in [0.2, 0.25) is 0 Å². The van der Waals surface area contributed by atoms with Crippen molar-refractivity contribution in [2.45, 2.75) is 47.8 Å². The van der Waals surface area contributed by atoms with Gasteiger partial charge in [-0.15, -0.1) is 0 Å². The molecule has 0 aliphatic carbocycles. The Morgan fingerprint density at radius 2 is 0.606 bits per heavy atom. The van der Waals surface area contributed by atoms with Crippen LogP contribution in [-0.4, -0.2) is 189 Å². The number of aliphatic hydroxyl groups is 1. The Kier molecular flexibility index (Phi) is 55.9. The minimum absolute atomic E-state index is 0.0527. The van der Waals surface area contributed by atoms with Gasteiger partial charge in [0, 0.05) is 27.9 Å². The Balaban J connectivity index is 0.000000406. The lowest BCUT2D eigenvalue weighted by atomic mass is 10.1. The SMILES string of the molecule is CC(=O)OCCOCCOc1ccccc1.CC(=O)OCCOCCOc1ccccc1Br.CC(=O)OCCOc1c(C)cccc1C.COCCOCCOc1ccccc1.OCCOCCOCCOc1ccccc1.c1ccc(COCCOCCOCc2ccccc2)cc1. The van der Waals surface area contributed by atoms with E-state index in [1.807, 2.05) is 184 Å². The molecule has 0 unspecified atom stereocenters. The number of methoxy groups -OCH3 is 1. The van der Waals surface area contributed by atoms with Crippen LogP contribution in [0.5, 0.6) is 28.7 Å². The molecule has 0 aromatic heterocycles. The maximum Gasteiger partial charge on any atom is 0.302 e. The number of esters is 3. The van der Waals surface area contributed by atoms with E-state index in [0.717, 1.165) is 44.3 Å². The number of benzene rings is 7. The second-order valence-electron chi connectivity index (χ2n) is 20.3. The number of halogens is 1. The van der Waals surface area contributed by atoms with Crippen LogP contribution in [-0.2, 0) is 84.4 Å². The number of carbonyl (C=O) groups excluding carboxylic acids is 3. The lowest BCUT2D eigenvalue weighted by Crippen LogP contribution is -2.12. The van der Waals surface area contributed by atoms with E-state index in [4.69, 9.17) is 85.6 Å². The first kappa shape index (κ1) is 87.1. The van der Waals surface area contributed by atoms with Gasteiger partial charge in [-0.25, -0.2) is 0 Å². The van der Waals surface area contributed by atoms with Crippen molar-refractivity contribution in [1.82, 2.24) is 0 Å². The fraction of sp³-hybridized carbons (Fsp3) is 0.416. The topological polar surface area (TPSA) is 228 Å². The lowest BCUT2D eigenvalue weighted by molar-refractivity contribution is -0.143. The summed E-state index contributed by atoms with van der Waals surface area (Å²) in [5, 5.41) is 8.45. The Bertz CT molecular complexity index is 2910. The van der Waals surface area contributed by atoms with Crippen LogP contribution in [0.4, 0.5) is 0 Å². The lowest BCUT2D eigenvalue weighted by Gasteiger charge is -2.11. The summed E-state index contributed by atoms with van der Waals surface area (Å²) in [6, 6.07) is 62.7. The van der Waals surface area contributed by atoms with Crippen LogP contribution in [0.15, 0.2) is 199 Å². The van der Waals surface area contributed by atoms with Gasteiger partial charge < -0.3 is 85.6 Å². The summed E-state index contributed by atoms with van der Waals surface area (Å²) in [6.07, 6.45) is 0. The quantitative estimate of drug-likeness (QED) is 0.0213. The summed E-state index contributed by atoms with van der Waals surface area (Å²) < 4.78 is 89.7. The average Bonchev–Trinajstić information content (AvgIpc) is 1.03. The van der Waals surface area contributed by atoms with E-state index in [0.29, 0.717) is 159 Å². The van der Waals surface area contributed by atoms with Crippen molar-refractivity contribution >= 4 is 33.8 Å². The molecule has 0 spiro atoms. The van der Waals surface area contributed by atoms with Crippen LogP contribution in [0.1, 0.15) is 43.0 Å². The summed E-state index contributed by atoms with van der Waals surface area (Å²) in [4.78, 5) is 31.4. The molecule has 7 rings (SSSR count). The van der Waals surface area contributed by atoms with E-state index in [2.05, 4.69) is 40.2 Å². The Morgan fingerprint density at radius 1 is 0.313 bits per heavy atom. The van der Waals surface area contributed by atoms with Gasteiger partial charge in [0.05, 0.1) is 123 Å². The molecule has 21 nitrogen and oxygen atoms in total. The maximum absolute atomic E-state index is 10.5. The molecular weight excluding hydrogens is 1340 g/mol. The molecule has 99 heavy (non-hydrogen) atoms. The molecule has 22 heteroatoms. The zero-order valence-corrected chi connectivity index (χ0v) is 59.9. The standard InChI is InChI=1S/C18H22O3.C12H15BrO4.C12H16O4.C12H18O4.C12H16O3.C11H16O3/c1-3-7-17(8-4-1)15-20-13-11-19-12-14-21-16-18-9-5-2-6-10-18;1-10(14)16-8-6-15-7-9-17-12-5-3-2-4-11(12)13;1-11(13)15-9-7-14-8-10-16-12-5-3-2-4-6-12;13-6-7-14-8-9-15-10-11-16-12-4-2-1-3-5-12;1-9-5-4-6-10(2)12(9)15-8-7-14-11(3)13;1-12-7-8-13-9-10-14-11-5-3-2-4-6-11/h1-10H,11-16H2;2-5H,6-9H2,1H3;2-6H,7-10H2,1H3;1-5,13H,6-11H2;4-6H,7-8H2,1-3H3;2-6H,7-10H2,1H3. The van der Waals surface area contributed by atoms with Gasteiger partial charge in [0.25, 0.3) is 0 Å². The summed E-state index contributed by atoms with van der Waals surface area (Å²) in [5.41, 5.74) is 4.56. The van der Waals surface area contributed by atoms with Crippen LogP contribution >= 0.6 is 15.9 Å². The van der Waals surface area contributed by atoms with Crippen LogP contribution in [0, 0.1) is 13.8 Å². The monoisotopic (exact) mass is 1440 g/mol. The third-order valence-electron chi connectivity index (χ3n) is 12.2. The number of para-hydroxylation sites is 5. The highest BCUT2D eigenvalue weighted by molar-refractivity contribution is 9.10. The third kappa shape index (κ3) is 53.7. The molecular formula is C77H103BrO21. The van der Waals surface area contributed by atoms with Crippen LogP contribution in [0.25, 0.3) is 0 Å². The van der Waals surface area contributed by atoms with Crippen molar-refractivity contribution < 1.29 is 100 Å². The predicted octanol–water partition coefficient (Wildman–Crippen LogP) is 12.6. The minimum atomic E-state index is -0.293. The molecule has 0 saturated heterocycles. The number of ether oxygens (including phenoxy) is 17. The van der Waals surface area contributed by atoms with Gasteiger partial charge in [0.15, 0.2) is 0 Å². The molecule has 7 aromatic carbocycles. The summed E-state index contributed by atoms with van der Waals surface area (Å²) in [7, 11) is 1.66. The zero-order valence-electron chi connectivity index (χ0n) is 58.4. The van der Waals surface area contributed by atoms with Gasteiger partial charge in [-0.2, -0.15) is 0 Å². The molecule has 0 bridgehead atoms. The number of carbonyl (C=O) groups is 3. The molecule has 1 N–H and O–H groups in total. The second-order valence-corrected chi connectivity index (χ2v) is 21.2. The van der Waals surface area contributed by atoms with Crippen molar-refractivity contribution in [1.29, 1.82) is 0 Å². The van der Waals surface area contributed by atoms with Gasteiger partial charge in [-0.1, -0.05) is 146 Å². The molecule has 0 heterocycles. The van der Waals surface area contributed by atoms with E-state index in [1.54, 1.807) is 7.11 Å². The van der Waals surface area contributed by atoms with Gasteiger partial charge in [0.1, 0.15) is 81.6 Å². The van der Waals surface area contributed by atoms with Gasteiger partial charge in [-0.05, 0) is 101 Å². The van der Waals surface area contributed by atoms with Crippen molar-refractivity contribution in [2.75, 3.05) is 166 Å². The molecule has 544 valence electrons. The Labute approximate surface area is 594 Å². The molecule has 0 saturated carbocycles. The van der Waals surface area contributed by atoms with Crippen LogP contribution < -0.4 is 23.7 Å². The fourth-order valence-electron chi connectivity index (χ4n) is 7.52. The van der Waals surface area contributed by atoms with Gasteiger partial charge in [-0.3, -0.25) is 14.4 Å². The molecule has 0 atom stereocenters. The van der Waals surface area contributed by atoms with E-state index < -0.39 is 0 Å². The first-order valence-electron chi connectivity index (χ1n) is 32.7. The first-order valence-corrected chi connectivity index (χ1v) is 33.5. The number of hydrogen-bond acceptors (Lipinski definition) is 21. The maximum atomic E-state index is 10.5. The highest BCUT2D eigenvalue weighted by Gasteiger charge is 2.05. The van der Waals surface area contributed by atoms with Gasteiger partial charge >= 0.3 is 17.9 Å². The van der Waals surface area contributed by atoms with Crippen molar-refractivity contribution in [3.63, 3.8) is 0 Å². The summed E-state index contributed by atoms with van der Waals surface area (Å²) in [6.45, 7) is 20.7. The molecule has 0 fully saturated rings. The van der Waals surface area contributed by atoms with Crippen molar-refractivity contribution in [2.24, 2.45) is 0 Å². The smallest absolute Gasteiger partial charge is 0.302 e. The number of rotatable bonds is 44. The largest absolute Gasteiger partial charge is 0.491 e. The molecule has 0 amide bonds. The van der Waals surface area contributed by atoms with E-state index in [1.165, 1.54) is 31.9 Å². The highest BCUT2D eigenvalue weighted by atomic mass is 79.9. The number of aryl methyl sites for hydroxylation is 2.